The van der Waals surface area contributed by atoms with Crippen LogP contribution in [0.4, 0.5) is 4.79 Å². The average molecular weight is 475 g/mol. The number of hydrogen-bond donors (Lipinski definition) is 1. The van der Waals surface area contributed by atoms with Gasteiger partial charge in [-0.15, -0.1) is 0 Å². The van der Waals surface area contributed by atoms with Crippen LogP contribution in [0.1, 0.15) is 68.4 Å². The first-order chi connectivity index (χ1) is 16.1. The number of phenols is 1. The lowest BCUT2D eigenvalue weighted by molar-refractivity contribution is -0.550. The minimum Gasteiger partial charge on any atom is -0.507 e. The maximum absolute atomic E-state index is 11.5. The molecule has 0 saturated heterocycles. The Kier molecular flexibility index (Phi) is 8.44. The fourth-order valence-electron chi connectivity index (χ4n) is 4.85. The van der Waals surface area contributed by atoms with Crippen molar-refractivity contribution in [3.8, 4) is 5.75 Å². The van der Waals surface area contributed by atoms with Crippen molar-refractivity contribution in [2.75, 3.05) is 46.4 Å². The largest absolute Gasteiger partial charge is 0.508 e. The van der Waals surface area contributed by atoms with Crippen LogP contribution in [0.5, 0.6) is 5.75 Å². The third-order valence-corrected chi connectivity index (χ3v) is 6.59. The summed E-state index contributed by atoms with van der Waals surface area (Å²) in [4.78, 5) is 27.8. The monoisotopic (exact) mass is 474 g/mol. The average Bonchev–Trinajstić information content (AvgIpc) is 2.79. The summed E-state index contributed by atoms with van der Waals surface area (Å²) in [7, 11) is 1.32. The Morgan fingerprint density at radius 3 is 2.50 bits per heavy atom. The Morgan fingerprint density at radius 1 is 1.21 bits per heavy atom. The zero-order chi connectivity index (χ0) is 24.9. The van der Waals surface area contributed by atoms with Crippen molar-refractivity contribution in [1.29, 1.82) is 0 Å². The fraction of sp³-hybridized carbons (Fsp3) is 0.654. The minimum absolute atomic E-state index is 0.101. The number of rotatable bonds is 8. The van der Waals surface area contributed by atoms with Gasteiger partial charge in [0.2, 0.25) is 0 Å². The van der Waals surface area contributed by atoms with E-state index in [9.17, 15) is 14.7 Å². The number of guanidine groups is 1. The molecule has 2 aliphatic rings. The third-order valence-electron chi connectivity index (χ3n) is 6.59. The van der Waals surface area contributed by atoms with Crippen molar-refractivity contribution < 1.29 is 28.7 Å². The van der Waals surface area contributed by atoms with Gasteiger partial charge in [0, 0.05) is 12.8 Å². The Hall–Kier alpha value is -2.77. The van der Waals surface area contributed by atoms with Crippen molar-refractivity contribution in [3.63, 3.8) is 0 Å². The van der Waals surface area contributed by atoms with Crippen LogP contribution in [0.15, 0.2) is 12.1 Å². The normalized spacial score (nSPS) is 17.3. The van der Waals surface area contributed by atoms with Crippen LogP contribution < -0.4 is 0 Å². The molecule has 0 bridgehead atoms. The lowest BCUT2D eigenvalue weighted by Gasteiger charge is -2.37. The molecule has 8 heteroatoms. The van der Waals surface area contributed by atoms with Gasteiger partial charge in [-0.05, 0) is 42.4 Å². The van der Waals surface area contributed by atoms with Gasteiger partial charge >= 0.3 is 12.1 Å². The molecule has 1 unspecified atom stereocenters. The molecular formula is C26H40N3O5+. The highest BCUT2D eigenvalue weighted by molar-refractivity contribution is 5.80. The summed E-state index contributed by atoms with van der Waals surface area (Å²) in [5, 5.41) is 10.6. The minimum atomic E-state index is -0.654. The van der Waals surface area contributed by atoms with Gasteiger partial charge < -0.3 is 14.6 Å². The van der Waals surface area contributed by atoms with Crippen molar-refractivity contribution in [3.05, 3.63) is 28.8 Å². The molecule has 34 heavy (non-hydrogen) atoms. The van der Waals surface area contributed by atoms with Gasteiger partial charge in [0.05, 0.1) is 45.4 Å². The van der Waals surface area contributed by atoms with Crippen LogP contribution in [0.2, 0.25) is 0 Å². The maximum atomic E-state index is 11.5. The summed E-state index contributed by atoms with van der Waals surface area (Å²) >= 11 is 0. The van der Waals surface area contributed by atoms with Crippen LogP contribution in [-0.2, 0) is 21.3 Å². The summed E-state index contributed by atoms with van der Waals surface area (Å²) < 4.78 is 12.4. The zero-order valence-electron chi connectivity index (χ0n) is 21.3. The summed E-state index contributed by atoms with van der Waals surface area (Å²) in [5.74, 6) is 1.31. The van der Waals surface area contributed by atoms with E-state index in [0.717, 1.165) is 69.4 Å². The quantitative estimate of drug-likeness (QED) is 0.351. The number of methoxy groups -OCH3 is 1. The molecule has 3 rings (SSSR count). The second-order valence-corrected chi connectivity index (χ2v) is 10.4. The summed E-state index contributed by atoms with van der Waals surface area (Å²) in [5.41, 5.74) is 2.14. The zero-order valence-corrected chi connectivity index (χ0v) is 21.3. The number of phenolic OH excluding ortho intramolecular Hbond substituents is 1. The number of carbonyl (C=O) groups excluding carboxylic acids is 2. The van der Waals surface area contributed by atoms with E-state index in [4.69, 9.17) is 4.74 Å². The van der Waals surface area contributed by atoms with Crippen molar-refractivity contribution >= 4 is 18.4 Å². The van der Waals surface area contributed by atoms with E-state index >= 15 is 0 Å². The molecule has 0 fully saturated rings. The highest BCUT2D eigenvalue weighted by Crippen LogP contribution is 2.31. The molecular weight excluding hydrogens is 434 g/mol. The molecule has 0 amide bonds. The molecule has 2 aliphatic heterocycles. The van der Waals surface area contributed by atoms with E-state index in [2.05, 4.69) is 39.9 Å². The molecule has 0 radical (unpaired) electrons. The molecule has 0 spiro atoms. The number of benzene rings is 1. The van der Waals surface area contributed by atoms with Gasteiger partial charge in [-0.25, -0.2) is 4.79 Å². The summed E-state index contributed by atoms with van der Waals surface area (Å²) in [6, 6.07) is 3.83. The summed E-state index contributed by atoms with van der Waals surface area (Å²) in [6.07, 6.45) is 3.54. The Bertz CT molecular complexity index is 918. The first-order valence-electron chi connectivity index (χ1n) is 12.3. The molecule has 188 valence electrons. The predicted octanol–water partition coefficient (Wildman–Crippen LogP) is 3.39. The van der Waals surface area contributed by atoms with Crippen molar-refractivity contribution in [1.82, 2.24) is 9.80 Å². The number of aryl methyl sites for hydroxylation is 1. The van der Waals surface area contributed by atoms with Crippen molar-refractivity contribution in [2.45, 2.75) is 64.9 Å². The van der Waals surface area contributed by atoms with E-state index in [0.29, 0.717) is 18.5 Å². The second-order valence-electron chi connectivity index (χ2n) is 10.4. The highest BCUT2D eigenvalue weighted by atomic mass is 16.7. The van der Waals surface area contributed by atoms with E-state index in [1.54, 1.807) is 6.07 Å². The molecule has 0 aliphatic carbocycles. The number of aromatic hydroxyl groups is 1. The van der Waals surface area contributed by atoms with E-state index in [1.165, 1.54) is 13.1 Å². The predicted molar refractivity (Wildman–Crippen MR) is 131 cm³/mol. The van der Waals surface area contributed by atoms with Crippen LogP contribution in [0.3, 0.4) is 0 Å². The van der Waals surface area contributed by atoms with E-state index in [-0.39, 0.29) is 17.3 Å². The summed E-state index contributed by atoms with van der Waals surface area (Å²) in [6.45, 7) is 13.7. The Balaban J connectivity index is 1.71. The van der Waals surface area contributed by atoms with E-state index < -0.39 is 6.16 Å². The highest BCUT2D eigenvalue weighted by Gasteiger charge is 2.36. The van der Waals surface area contributed by atoms with Gasteiger partial charge in [0.25, 0.3) is 0 Å². The topological polar surface area (TPSA) is 82.3 Å². The number of carbonyl (C=O) groups is 2. The Labute approximate surface area is 203 Å². The SMILES string of the molecule is COC(=O)OC(C)CN1CCC[N+]2=C1N(CCCc1cc(C(C)(C)C)cc(C=O)c1O)CCC2. The molecule has 8 nitrogen and oxygen atoms in total. The van der Waals surface area contributed by atoms with Crippen molar-refractivity contribution in [2.24, 2.45) is 0 Å². The van der Waals surface area contributed by atoms with E-state index in [1.807, 2.05) is 13.0 Å². The van der Waals surface area contributed by atoms with Crippen LogP contribution >= 0.6 is 0 Å². The lowest BCUT2D eigenvalue weighted by atomic mass is 9.84. The standard InChI is InChI=1S/C26H39N3O5/c1-19(34-25(32)33-5)17-29-14-8-13-28-12-7-11-27(24(28)29)10-6-9-20-15-22(26(2,3)4)16-21(18-30)23(20)31/h15-16,18-19H,6-14,17H2,1-5H3/p+1. The van der Waals surface area contributed by atoms with Gasteiger partial charge in [-0.2, -0.15) is 0 Å². The molecule has 1 aromatic carbocycles. The van der Waals surface area contributed by atoms with Gasteiger partial charge in [0.15, 0.2) is 6.29 Å². The van der Waals surface area contributed by atoms with Gasteiger partial charge in [0.1, 0.15) is 18.4 Å². The van der Waals surface area contributed by atoms with Crippen LogP contribution in [0, 0.1) is 0 Å². The number of ether oxygens (including phenoxy) is 2. The molecule has 1 aromatic rings. The molecule has 1 N–H and O–H groups in total. The smallest absolute Gasteiger partial charge is 0.507 e. The number of aldehydes is 1. The number of hydrogen-bond acceptors (Lipinski definition) is 7. The molecule has 0 saturated carbocycles. The molecule has 1 atom stereocenters. The first-order valence-corrected chi connectivity index (χ1v) is 12.3. The van der Waals surface area contributed by atoms with Gasteiger partial charge in [-0.1, -0.05) is 26.8 Å². The van der Waals surface area contributed by atoms with Gasteiger partial charge in [-0.3, -0.25) is 19.2 Å². The lowest BCUT2D eigenvalue weighted by Crippen LogP contribution is -2.58. The van der Waals surface area contributed by atoms with Crippen LogP contribution in [0.25, 0.3) is 0 Å². The fourth-order valence-corrected chi connectivity index (χ4v) is 4.85. The maximum Gasteiger partial charge on any atom is 0.508 e. The number of nitrogens with zero attached hydrogens (tertiary/aromatic N) is 3. The molecule has 0 aromatic heterocycles. The molecule has 2 heterocycles. The Morgan fingerprint density at radius 2 is 1.88 bits per heavy atom. The third kappa shape index (κ3) is 6.21. The second kappa shape index (κ2) is 11.1. The first kappa shape index (κ1) is 25.8. The van der Waals surface area contributed by atoms with Crippen LogP contribution in [-0.4, -0.2) is 90.4 Å².